The van der Waals surface area contributed by atoms with E-state index in [0.29, 0.717) is 67.2 Å². The number of carbonyl (C=O) groups is 1. The highest BCUT2D eigenvalue weighted by Crippen LogP contribution is 2.51. The Bertz CT molecular complexity index is 1160. The molecule has 2 aliphatic carbocycles. The van der Waals surface area contributed by atoms with Gasteiger partial charge in [0.25, 0.3) is 0 Å². The van der Waals surface area contributed by atoms with Gasteiger partial charge in [0.05, 0.1) is 17.6 Å². The summed E-state index contributed by atoms with van der Waals surface area (Å²) < 4.78 is 26.2. The van der Waals surface area contributed by atoms with Crippen molar-refractivity contribution in [3.8, 4) is 11.4 Å². The Morgan fingerprint density at radius 3 is 2.44 bits per heavy atom. The van der Waals surface area contributed by atoms with Crippen LogP contribution in [0.2, 0.25) is 0 Å². The number of aliphatic hydroxyl groups excluding tert-OH is 2. The van der Waals surface area contributed by atoms with Gasteiger partial charge in [-0.05, 0) is 63.3 Å². The predicted molar refractivity (Wildman–Crippen MR) is 138 cm³/mol. The molecule has 0 bridgehead atoms. The lowest BCUT2D eigenvalue weighted by Crippen LogP contribution is -2.37. The lowest BCUT2D eigenvalue weighted by atomic mass is 10.0. The summed E-state index contributed by atoms with van der Waals surface area (Å²) in [5, 5.41) is 26.6. The number of sulfone groups is 1. The van der Waals surface area contributed by atoms with Crippen LogP contribution in [-0.2, 0) is 14.6 Å². The van der Waals surface area contributed by atoms with Crippen LogP contribution in [-0.4, -0.2) is 65.7 Å². The van der Waals surface area contributed by atoms with Gasteiger partial charge in [0.15, 0.2) is 15.7 Å². The van der Waals surface area contributed by atoms with Crippen LogP contribution in [0.4, 0.5) is 16.3 Å². The molecule has 2 amide bonds. The zero-order valence-electron chi connectivity index (χ0n) is 20.5. The van der Waals surface area contributed by atoms with Crippen LogP contribution in [0.3, 0.4) is 0 Å². The first-order valence-corrected chi connectivity index (χ1v) is 14.1. The topological polar surface area (TPSA) is 154 Å². The molecule has 5 N–H and O–H groups in total. The summed E-state index contributed by atoms with van der Waals surface area (Å²) in [5.74, 6) is 0.857. The first-order chi connectivity index (χ1) is 17.3. The largest absolute Gasteiger partial charge is 0.396 e. The third kappa shape index (κ3) is 5.63. The molecule has 10 nitrogen and oxygen atoms in total. The molecule has 0 spiro atoms. The number of rotatable bonds is 11. The van der Waals surface area contributed by atoms with Crippen molar-refractivity contribution in [2.45, 2.75) is 67.9 Å². The van der Waals surface area contributed by atoms with Crippen molar-refractivity contribution >= 4 is 27.4 Å². The molecule has 2 aliphatic rings. The zero-order chi connectivity index (χ0) is 25.8. The van der Waals surface area contributed by atoms with Crippen LogP contribution in [0, 0.1) is 0 Å². The number of aliphatic hydroxyl groups is 2. The normalized spacial score (nSPS) is 18.0. The van der Waals surface area contributed by atoms with Gasteiger partial charge in [-0.25, -0.2) is 23.2 Å². The average Bonchev–Trinajstić information content (AvgIpc) is 3.61. The van der Waals surface area contributed by atoms with E-state index in [1.54, 1.807) is 30.3 Å². The molecule has 196 valence electrons. The zero-order valence-corrected chi connectivity index (χ0v) is 21.4. The smallest absolute Gasteiger partial charge is 0.319 e. The number of nitrogens with zero attached hydrogens (tertiary/aromatic N) is 2. The fourth-order valence-corrected chi connectivity index (χ4v) is 7.32. The van der Waals surface area contributed by atoms with E-state index in [9.17, 15) is 18.3 Å². The van der Waals surface area contributed by atoms with Crippen molar-refractivity contribution in [2.75, 3.05) is 30.4 Å². The number of benzene rings is 1. The quantitative estimate of drug-likeness (QED) is 0.285. The summed E-state index contributed by atoms with van der Waals surface area (Å²) in [6.45, 7) is 2.10. The summed E-state index contributed by atoms with van der Waals surface area (Å²) in [6, 6.07) is 8.10. The van der Waals surface area contributed by atoms with Crippen LogP contribution < -0.4 is 16.0 Å². The van der Waals surface area contributed by atoms with Crippen LogP contribution >= 0.6 is 0 Å². The molecule has 0 saturated heterocycles. The van der Waals surface area contributed by atoms with E-state index in [1.165, 1.54) is 0 Å². The summed E-state index contributed by atoms with van der Waals surface area (Å²) in [7, 11) is -3.40. The highest BCUT2D eigenvalue weighted by atomic mass is 32.2. The van der Waals surface area contributed by atoms with E-state index < -0.39 is 14.6 Å². The molecule has 2 saturated carbocycles. The van der Waals surface area contributed by atoms with Gasteiger partial charge >= 0.3 is 6.03 Å². The Labute approximate surface area is 211 Å². The van der Waals surface area contributed by atoms with Gasteiger partial charge in [-0.1, -0.05) is 12.8 Å². The fourth-order valence-electron chi connectivity index (χ4n) is 4.67. The molecule has 2 fully saturated rings. The monoisotopic (exact) mass is 517 g/mol. The van der Waals surface area contributed by atoms with Gasteiger partial charge in [-0.3, -0.25) is 0 Å². The Kier molecular flexibility index (Phi) is 8.11. The van der Waals surface area contributed by atoms with Crippen molar-refractivity contribution in [1.82, 2.24) is 15.3 Å². The summed E-state index contributed by atoms with van der Waals surface area (Å²) >= 11 is 0. The second-order valence-corrected chi connectivity index (χ2v) is 12.2. The molecule has 1 aromatic heterocycles. The van der Waals surface area contributed by atoms with Gasteiger partial charge in [-0.2, -0.15) is 0 Å². The first kappa shape index (κ1) is 26.3. The van der Waals surface area contributed by atoms with Gasteiger partial charge in [0.1, 0.15) is 10.6 Å². The molecule has 1 aromatic carbocycles. The van der Waals surface area contributed by atoms with Crippen molar-refractivity contribution in [1.29, 1.82) is 0 Å². The number of hydrogen-bond acceptors (Lipinski definition) is 8. The van der Waals surface area contributed by atoms with Gasteiger partial charge in [0.2, 0.25) is 0 Å². The molecule has 2 aromatic rings. The molecule has 11 heteroatoms. The Morgan fingerprint density at radius 1 is 1.14 bits per heavy atom. The highest BCUT2D eigenvalue weighted by Gasteiger charge is 2.55. The summed E-state index contributed by atoms with van der Waals surface area (Å²) in [5.41, 5.74) is 1.77. The highest BCUT2D eigenvalue weighted by molar-refractivity contribution is 7.93. The maximum absolute atomic E-state index is 13.6. The molecule has 4 rings (SSSR count). The fraction of sp³-hybridized carbons (Fsp3) is 0.560. The summed E-state index contributed by atoms with van der Waals surface area (Å²) in [4.78, 5) is 21.4. The number of anilines is 2. The molecule has 1 atom stereocenters. The van der Waals surface area contributed by atoms with Crippen molar-refractivity contribution < 1.29 is 23.4 Å². The third-order valence-electron chi connectivity index (χ3n) is 6.80. The average molecular weight is 518 g/mol. The molecular weight excluding hydrogens is 482 g/mol. The van der Waals surface area contributed by atoms with E-state index in [4.69, 9.17) is 10.1 Å². The number of aromatic nitrogens is 2. The SMILES string of the molecule is C[C@@H](CO)Nc1cc(C2(S(=O)(=O)C3CC3)CCCC2)nc(-c2ccc(NC(=O)NCCCO)cc2)n1. The van der Waals surface area contributed by atoms with Crippen LogP contribution in [0.5, 0.6) is 0 Å². The van der Waals surface area contributed by atoms with Gasteiger partial charge < -0.3 is 26.2 Å². The predicted octanol–water partition coefficient (Wildman–Crippen LogP) is 2.79. The molecular formula is C25H35N5O5S. The van der Waals surface area contributed by atoms with Crippen LogP contribution in [0.25, 0.3) is 11.4 Å². The minimum absolute atomic E-state index is 0.00517. The maximum Gasteiger partial charge on any atom is 0.319 e. The van der Waals surface area contributed by atoms with E-state index in [1.807, 2.05) is 6.92 Å². The van der Waals surface area contributed by atoms with Gasteiger partial charge in [-0.15, -0.1) is 0 Å². The van der Waals surface area contributed by atoms with Crippen molar-refractivity contribution in [3.63, 3.8) is 0 Å². The Balaban J connectivity index is 1.66. The summed E-state index contributed by atoms with van der Waals surface area (Å²) in [6.07, 6.45) is 4.65. The molecule has 1 heterocycles. The van der Waals surface area contributed by atoms with Crippen LogP contribution in [0.1, 0.15) is 57.6 Å². The van der Waals surface area contributed by atoms with E-state index in [-0.39, 0.29) is 30.5 Å². The Morgan fingerprint density at radius 2 is 1.83 bits per heavy atom. The molecule has 0 radical (unpaired) electrons. The van der Waals surface area contributed by atoms with E-state index in [0.717, 1.165) is 12.8 Å². The lowest BCUT2D eigenvalue weighted by Gasteiger charge is -2.29. The van der Waals surface area contributed by atoms with Crippen LogP contribution in [0.15, 0.2) is 30.3 Å². The maximum atomic E-state index is 13.6. The lowest BCUT2D eigenvalue weighted by molar-refractivity contribution is 0.249. The standard InChI is InChI=1S/C25H35N5O5S/c1-17(16-32)27-22-15-21(25(11-2-3-12-25)36(34,35)20-9-10-20)29-23(30-22)18-5-7-19(8-6-18)28-24(33)26-13-4-14-31/h5-8,15,17,20,31-32H,2-4,9-14,16H2,1H3,(H2,26,28,33)(H,27,29,30)/t17-/m0/s1. The third-order valence-corrected chi connectivity index (χ3v) is 9.86. The van der Waals surface area contributed by atoms with Gasteiger partial charge in [0, 0.05) is 36.5 Å². The van der Waals surface area contributed by atoms with Crippen molar-refractivity contribution in [2.24, 2.45) is 0 Å². The number of carbonyl (C=O) groups excluding carboxylic acids is 1. The van der Waals surface area contributed by atoms with Crippen molar-refractivity contribution in [3.05, 3.63) is 36.0 Å². The molecule has 0 aliphatic heterocycles. The second kappa shape index (κ2) is 11.1. The number of amides is 2. The minimum Gasteiger partial charge on any atom is -0.396 e. The Hall–Kier alpha value is -2.76. The first-order valence-electron chi connectivity index (χ1n) is 12.6. The van der Waals surface area contributed by atoms with E-state index in [2.05, 4.69) is 20.9 Å². The minimum atomic E-state index is -3.40. The number of nitrogens with one attached hydrogen (secondary N) is 3. The number of urea groups is 1. The molecule has 36 heavy (non-hydrogen) atoms. The number of hydrogen-bond donors (Lipinski definition) is 5. The van der Waals surface area contributed by atoms with E-state index >= 15 is 0 Å². The second-order valence-electron chi connectivity index (χ2n) is 9.67. The molecule has 0 unspecified atom stereocenters.